The number of benzene rings is 1. The minimum atomic E-state index is -0.280. The van der Waals surface area contributed by atoms with Crippen LogP contribution in [0.1, 0.15) is 22.5 Å². The molecule has 1 heterocycles. The molecule has 0 spiro atoms. The van der Waals surface area contributed by atoms with Gasteiger partial charge in [-0.1, -0.05) is 6.07 Å². The van der Waals surface area contributed by atoms with Crippen molar-refractivity contribution in [3.05, 3.63) is 46.5 Å². The minimum Gasteiger partial charge on any atom is -0.485 e. The second-order valence-corrected chi connectivity index (χ2v) is 4.53. The van der Waals surface area contributed by atoms with Gasteiger partial charge in [-0.05, 0) is 37.1 Å². The lowest BCUT2D eigenvalue weighted by molar-refractivity contribution is 0.300. The third-order valence-corrected chi connectivity index (χ3v) is 3.20. The summed E-state index contributed by atoms with van der Waals surface area (Å²) in [5, 5.41) is 4.29. The number of nitrogens with two attached hydrogens (primary N) is 1. The molecule has 0 fully saturated rings. The van der Waals surface area contributed by atoms with E-state index >= 15 is 0 Å². The second kappa shape index (κ2) is 5.40. The molecule has 2 aromatic rings. The molecule has 0 bridgehead atoms. The van der Waals surface area contributed by atoms with Gasteiger partial charge in [0.15, 0.2) is 5.75 Å². The summed E-state index contributed by atoms with van der Waals surface area (Å²) in [5.74, 6) is 0.493. The maximum Gasteiger partial charge on any atom is 0.163 e. The van der Waals surface area contributed by atoms with E-state index < -0.39 is 0 Å². The molecule has 0 aliphatic heterocycles. The van der Waals surface area contributed by atoms with Crippen LogP contribution in [0.4, 0.5) is 4.39 Å². The predicted octanol–water partition coefficient (Wildman–Crippen LogP) is 2.21. The highest BCUT2D eigenvalue weighted by atomic mass is 19.1. The Kier molecular flexibility index (Phi) is 3.85. The number of halogens is 1. The number of aryl methyl sites for hydroxylation is 2. The first kappa shape index (κ1) is 13.5. The van der Waals surface area contributed by atoms with Crippen molar-refractivity contribution < 1.29 is 9.13 Å². The first-order valence-corrected chi connectivity index (χ1v) is 6.13. The molecule has 0 saturated heterocycles. The van der Waals surface area contributed by atoms with Gasteiger partial charge in [0.2, 0.25) is 0 Å². The highest BCUT2D eigenvalue weighted by Crippen LogP contribution is 2.23. The van der Waals surface area contributed by atoms with Crippen LogP contribution in [0, 0.1) is 19.7 Å². The van der Waals surface area contributed by atoms with Gasteiger partial charge in [0.05, 0.1) is 5.69 Å². The van der Waals surface area contributed by atoms with E-state index in [2.05, 4.69) is 5.10 Å². The van der Waals surface area contributed by atoms with Crippen LogP contribution < -0.4 is 10.5 Å². The maximum absolute atomic E-state index is 13.1. The molecule has 0 atom stereocenters. The van der Waals surface area contributed by atoms with Crippen LogP contribution in [0.2, 0.25) is 0 Å². The summed E-state index contributed by atoms with van der Waals surface area (Å²) in [5.41, 5.74) is 9.08. The van der Waals surface area contributed by atoms with Gasteiger partial charge >= 0.3 is 0 Å². The van der Waals surface area contributed by atoms with Crippen LogP contribution in [-0.4, -0.2) is 9.78 Å². The van der Waals surface area contributed by atoms with Crippen molar-refractivity contribution in [1.29, 1.82) is 0 Å². The first-order chi connectivity index (χ1) is 9.02. The van der Waals surface area contributed by atoms with E-state index in [1.165, 1.54) is 12.1 Å². The third kappa shape index (κ3) is 2.76. The van der Waals surface area contributed by atoms with E-state index in [9.17, 15) is 4.39 Å². The average molecular weight is 263 g/mol. The summed E-state index contributed by atoms with van der Waals surface area (Å²) < 4.78 is 20.7. The third-order valence-electron chi connectivity index (χ3n) is 3.20. The molecule has 1 aromatic heterocycles. The van der Waals surface area contributed by atoms with Gasteiger partial charge in [-0.15, -0.1) is 0 Å². The van der Waals surface area contributed by atoms with Gasteiger partial charge in [-0.2, -0.15) is 5.10 Å². The number of aromatic nitrogens is 2. The summed E-state index contributed by atoms with van der Waals surface area (Å²) in [7, 11) is 1.87. The van der Waals surface area contributed by atoms with Gasteiger partial charge in [-0.25, -0.2) is 4.39 Å². The number of rotatable bonds is 4. The Morgan fingerprint density at radius 3 is 2.63 bits per heavy atom. The lowest BCUT2D eigenvalue weighted by Crippen LogP contribution is -2.06. The fourth-order valence-electron chi connectivity index (χ4n) is 2.04. The fourth-order valence-corrected chi connectivity index (χ4v) is 2.04. The van der Waals surface area contributed by atoms with Crippen LogP contribution in [-0.2, 0) is 20.2 Å². The van der Waals surface area contributed by atoms with Crippen molar-refractivity contribution in [3.8, 4) is 5.75 Å². The van der Waals surface area contributed by atoms with Gasteiger partial charge < -0.3 is 10.5 Å². The van der Waals surface area contributed by atoms with Gasteiger partial charge in [-0.3, -0.25) is 4.68 Å². The average Bonchev–Trinajstić information content (AvgIpc) is 2.62. The van der Waals surface area contributed by atoms with Gasteiger partial charge in [0.1, 0.15) is 18.1 Å². The SMILES string of the molecule is Cc1nn(C)c(C)c1OCc1ccc(F)cc1CN. The van der Waals surface area contributed by atoms with Crippen molar-refractivity contribution >= 4 is 0 Å². The molecule has 5 heteroatoms. The Hall–Kier alpha value is -1.88. The van der Waals surface area contributed by atoms with Crippen molar-refractivity contribution in [1.82, 2.24) is 9.78 Å². The molecule has 0 amide bonds. The van der Waals surface area contributed by atoms with E-state index in [1.54, 1.807) is 10.7 Å². The minimum absolute atomic E-state index is 0.280. The van der Waals surface area contributed by atoms with Crippen LogP contribution in [0.25, 0.3) is 0 Å². The molecule has 2 N–H and O–H groups in total. The molecule has 0 radical (unpaired) electrons. The normalized spacial score (nSPS) is 10.8. The van der Waals surface area contributed by atoms with E-state index in [0.29, 0.717) is 13.2 Å². The molecule has 19 heavy (non-hydrogen) atoms. The Balaban J connectivity index is 2.19. The molecule has 102 valence electrons. The molecule has 0 saturated carbocycles. The van der Waals surface area contributed by atoms with E-state index in [-0.39, 0.29) is 5.82 Å². The summed E-state index contributed by atoms with van der Waals surface area (Å²) in [4.78, 5) is 0. The van der Waals surface area contributed by atoms with Crippen molar-refractivity contribution in [2.45, 2.75) is 27.0 Å². The first-order valence-electron chi connectivity index (χ1n) is 6.13. The molecule has 0 aliphatic rings. The highest BCUT2D eigenvalue weighted by Gasteiger charge is 2.11. The molecule has 2 rings (SSSR count). The lowest BCUT2D eigenvalue weighted by Gasteiger charge is -2.10. The molecular weight excluding hydrogens is 245 g/mol. The fraction of sp³-hybridized carbons (Fsp3) is 0.357. The zero-order valence-electron chi connectivity index (χ0n) is 11.4. The zero-order chi connectivity index (χ0) is 14.0. The summed E-state index contributed by atoms with van der Waals surface area (Å²) in [6.07, 6.45) is 0. The van der Waals surface area contributed by atoms with Crippen LogP contribution >= 0.6 is 0 Å². The summed E-state index contributed by atoms with van der Waals surface area (Å²) in [6.45, 7) is 4.50. The zero-order valence-corrected chi connectivity index (χ0v) is 11.4. The smallest absolute Gasteiger partial charge is 0.163 e. The molecular formula is C14H18FN3O. The Labute approximate surface area is 112 Å². The Morgan fingerprint density at radius 2 is 2.05 bits per heavy atom. The Bertz CT molecular complexity index is 593. The summed E-state index contributed by atoms with van der Waals surface area (Å²) in [6, 6.07) is 4.57. The Morgan fingerprint density at radius 1 is 1.32 bits per heavy atom. The predicted molar refractivity (Wildman–Crippen MR) is 71.3 cm³/mol. The highest BCUT2D eigenvalue weighted by molar-refractivity contribution is 5.33. The largest absolute Gasteiger partial charge is 0.485 e. The maximum atomic E-state index is 13.1. The van der Waals surface area contributed by atoms with Crippen LogP contribution in [0.3, 0.4) is 0 Å². The van der Waals surface area contributed by atoms with E-state index in [0.717, 1.165) is 28.3 Å². The quantitative estimate of drug-likeness (QED) is 0.920. The summed E-state index contributed by atoms with van der Waals surface area (Å²) >= 11 is 0. The molecule has 0 aliphatic carbocycles. The number of hydrogen-bond acceptors (Lipinski definition) is 3. The van der Waals surface area contributed by atoms with Crippen molar-refractivity contribution in [2.75, 3.05) is 0 Å². The topological polar surface area (TPSA) is 53.1 Å². The van der Waals surface area contributed by atoms with Crippen LogP contribution in [0.15, 0.2) is 18.2 Å². The van der Waals surface area contributed by atoms with Crippen molar-refractivity contribution in [2.24, 2.45) is 12.8 Å². The van der Waals surface area contributed by atoms with Gasteiger partial charge in [0, 0.05) is 13.6 Å². The van der Waals surface area contributed by atoms with E-state index in [4.69, 9.17) is 10.5 Å². The van der Waals surface area contributed by atoms with Crippen molar-refractivity contribution in [3.63, 3.8) is 0 Å². The standard InChI is InChI=1S/C14H18FN3O/c1-9-14(10(2)18(3)17-9)19-8-11-4-5-13(15)6-12(11)7-16/h4-6H,7-8,16H2,1-3H3. The number of hydrogen-bond donors (Lipinski definition) is 1. The molecule has 0 unspecified atom stereocenters. The molecule has 4 nitrogen and oxygen atoms in total. The van der Waals surface area contributed by atoms with Crippen LogP contribution in [0.5, 0.6) is 5.75 Å². The number of ether oxygens (including phenoxy) is 1. The molecule has 1 aromatic carbocycles. The van der Waals surface area contributed by atoms with E-state index in [1.807, 2.05) is 20.9 Å². The monoisotopic (exact) mass is 263 g/mol. The number of nitrogens with zero attached hydrogens (tertiary/aromatic N) is 2. The van der Waals surface area contributed by atoms with Gasteiger partial charge in [0.25, 0.3) is 0 Å². The second-order valence-electron chi connectivity index (χ2n) is 4.53. The lowest BCUT2D eigenvalue weighted by atomic mass is 10.1.